The average molecular weight is 287 g/mol. The van der Waals surface area contributed by atoms with Crippen LogP contribution in [0.2, 0.25) is 0 Å². The molecular formula is C16H18FN3O. The number of benzene rings is 2. The van der Waals surface area contributed by atoms with E-state index in [1.807, 2.05) is 24.3 Å². The highest BCUT2D eigenvalue weighted by Gasteiger charge is 2.15. The quantitative estimate of drug-likeness (QED) is 0.849. The molecule has 0 atom stereocenters. The molecule has 2 aromatic carbocycles. The molecule has 0 saturated carbocycles. The molecule has 0 heterocycles. The first-order valence-electron chi connectivity index (χ1n) is 6.65. The van der Waals surface area contributed by atoms with Crippen molar-refractivity contribution in [1.82, 2.24) is 0 Å². The van der Waals surface area contributed by atoms with E-state index in [1.54, 1.807) is 11.9 Å². The van der Waals surface area contributed by atoms with E-state index in [9.17, 15) is 9.18 Å². The zero-order valence-electron chi connectivity index (χ0n) is 12.1. The van der Waals surface area contributed by atoms with Crippen LogP contribution in [-0.2, 0) is 6.42 Å². The van der Waals surface area contributed by atoms with Gasteiger partial charge in [-0.1, -0.05) is 19.1 Å². The van der Waals surface area contributed by atoms with Crippen molar-refractivity contribution in [1.29, 1.82) is 0 Å². The van der Waals surface area contributed by atoms with Crippen molar-refractivity contribution in [3.8, 4) is 0 Å². The van der Waals surface area contributed by atoms with Crippen LogP contribution in [0.5, 0.6) is 0 Å². The van der Waals surface area contributed by atoms with Gasteiger partial charge < -0.3 is 16.4 Å². The zero-order valence-corrected chi connectivity index (χ0v) is 12.1. The highest BCUT2D eigenvalue weighted by Crippen LogP contribution is 2.30. The SMILES string of the molecule is CCc1ccc(N(C)c2cc(C(N)=O)c(N)cc2F)cc1. The smallest absolute Gasteiger partial charge is 0.250 e. The number of aryl methyl sites for hydroxylation is 1. The molecule has 0 aromatic heterocycles. The normalized spacial score (nSPS) is 10.4. The first-order chi connectivity index (χ1) is 9.93. The van der Waals surface area contributed by atoms with E-state index in [-0.39, 0.29) is 16.9 Å². The van der Waals surface area contributed by atoms with Crippen LogP contribution in [0.3, 0.4) is 0 Å². The van der Waals surface area contributed by atoms with E-state index in [0.717, 1.165) is 18.2 Å². The fraction of sp³-hybridized carbons (Fsp3) is 0.188. The van der Waals surface area contributed by atoms with Crippen molar-refractivity contribution in [3.63, 3.8) is 0 Å². The average Bonchev–Trinajstić information content (AvgIpc) is 2.46. The fourth-order valence-electron chi connectivity index (χ4n) is 2.14. The lowest BCUT2D eigenvalue weighted by atomic mass is 10.1. The fourth-order valence-corrected chi connectivity index (χ4v) is 2.14. The molecule has 0 bridgehead atoms. The minimum absolute atomic E-state index is 0.0403. The summed E-state index contributed by atoms with van der Waals surface area (Å²) in [5, 5.41) is 0. The number of nitrogens with zero attached hydrogens (tertiary/aromatic N) is 1. The number of halogens is 1. The summed E-state index contributed by atoms with van der Waals surface area (Å²) < 4.78 is 14.1. The van der Waals surface area contributed by atoms with Crippen molar-refractivity contribution in [2.24, 2.45) is 5.73 Å². The molecule has 0 spiro atoms. The second-order valence-electron chi connectivity index (χ2n) is 4.83. The van der Waals surface area contributed by atoms with E-state index >= 15 is 0 Å². The third kappa shape index (κ3) is 2.97. The van der Waals surface area contributed by atoms with Crippen LogP contribution in [-0.4, -0.2) is 13.0 Å². The summed E-state index contributed by atoms with van der Waals surface area (Å²) in [6.45, 7) is 2.07. The molecule has 110 valence electrons. The molecule has 0 aliphatic rings. The second-order valence-corrected chi connectivity index (χ2v) is 4.83. The third-order valence-corrected chi connectivity index (χ3v) is 3.48. The maximum atomic E-state index is 14.1. The molecule has 5 heteroatoms. The first-order valence-corrected chi connectivity index (χ1v) is 6.65. The molecule has 0 aliphatic carbocycles. The van der Waals surface area contributed by atoms with Crippen LogP contribution in [0.25, 0.3) is 0 Å². The number of rotatable bonds is 4. The van der Waals surface area contributed by atoms with Gasteiger partial charge in [0.15, 0.2) is 0 Å². The number of nitrogens with two attached hydrogens (primary N) is 2. The Kier molecular flexibility index (Phi) is 4.12. The Morgan fingerprint density at radius 1 is 1.24 bits per heavy atom. The Bertz CT molecular complexity index is 668. The number of carbonyl (C=O) groups excluding carboxylic acids is 1. The van der Waals surface area contributed by atoms with Crippen molar-refractivity contribution >= 4 is 23.0 Å². The van der Waals surface area contributed by atoms with Crippen molar-refractivity contribution in [2.45, 2.75) is 13.3 Å². The number of hydrogen-bond acceptors (Lipinski definition) is 3. The first kappa shape index (κ1) is 14.8. The van der Waals surface area contributed by atoms with E-state index in [4.69, 9.17) is 11.5 Å². The summed E-state index contributed by atoms with van der Waals surface area (Å²) in [4.78, 5) is 13.0. The molecule has 0 saturated heterocycles. The summed E-state index contributed by atoms with van der Waals surface area (Å²) >= 11 is 0. The summed E-state index contributed by atoms with van der Waals surface area (Å²) in [5.74, 6) is -1.18. The summed E-state index contributed by atoms with van der Waals surface area (Å²) in [6.07, 6.45) is 0.937. The lowest BCUT2D eigenvalue weighted by Crippen LogP contribution is -2.17. The predicted molar refractivity (Wildman–Crippen MR) is 83.2 cm³/mol. The molecule has 21 heavy (non-hydrogen) atoms. The highest BCUT2D eigenvalue weighted by molar-refractivity contribution is 5.99. The minimum Gasteiger partial charge on any atom is -0.398 e. The standard InChI is InChI=1S/C16H18FN3O/c1-3-10-4-6-11(7-5-10)20(2)15-8-12(16(19)21)14(18)9-13(15)17/h4-9H,3,18H2,1-2H3,(H2,19,21). The number of primary amides is 1. The molecule has 1 amide bonds. The van der Waals surface area contributed by atoms with Gasteiger partial charge in [0.1, 0.15) is 5.82 Å². The van der Waals surface area contributed by atoms with Crippen LogP contribution >= 0.6 is 0 Å². The van der Waals surface area contributed by atoms with Gasteiger partial charge in [-0.2, -0.15) is 0 Å². The summed E-state index contributed by atoms with van der Waals surface area (Å²) in [5.41, 5.74) is 13.3. The van der Waals surface area contributed by atoms with Gasteiger partial charge >= 0.3 is 0 Å². The maximum absolute atomic E-state index is 14.1. The Hall–Kier alpha value is -2.56. The third-order valence-electron chi connectivity index (χ3n) is 3.48. The predicted octanol–water partition coefficient (Wildman–Crippen LogP) is 2.84. The molecule has 0 fully saturated rings. The molecule has 0 radical (unpaired) electrons. The van der Waals surface area contributed by atoms with Gasteiger partial charge in [-0.25, -0.2) is 4.39 Å². The monoisotopic (exact) mass is 287 g/mol. The molecule has 0 aliphatic heterocycles. The van der Waals surface area contributed by atoms with Gasteiger partial charge in [-0.15, -0.1) is 0 Å². The molecule has 4 N–H and O–H groups in total. The topological polar surface area (TPSA) is 72.3 Å². The molecule has 2 aromatic rings. The van der Waals surface area contributed by atoms with Crippen LogP contribution in [0.4, 0.5) is 21.5 Å². The van der Waals surface area contributed by atoms with E-state index in [0.29, 0.717) is 0 Å². The van der Waals surface area contributed by atoms with Gasteiger partial charge in [0, 0.05) is 18.4 Å². The molecular weight excluding hydrogens is 269 g/mol. The minimum atomic E-state index is -0.677. The summed E-state index contributed by atoms with van der Waals surface area (Å²) in [7, 11) is 1.72. The highest BCUT2D eigenvalue weighted by atomic mass is 19.1. The number of carbonyl (C=O) groups is 1. The van der Waals surface area contributed by atoms with Gasteiger partial charge in [-0.3, -0.25) is 4.79 Å². The van der Waals surface area contributed by atoms with Crippen LogP contribution in [0.1, 0.15) is 22.8 Å². The Morgan fingerprint density at radius 3 is 2.38 bits per heavy atom. The number of anilines is 3. The van der Waals surface area contributed by atoms with Gasteiger partial charge in [0.05, 0.1) is 11.3 Å². The lowest BCUT2D eigenvalue weighted by Gasteiger charge is -2.21. The van der Waals surface area contributed by atoms with Crippen molar-refractivity contribution in [3.05, 3.63) is 53.3 Å². The van der Waals surface area contributed by atoms with E-state index in [2.05, 4.69) is 6.92 Å². The largest absolute Gasteiger partial charge is 0.398 e. The second kappa shape index (κ2) is 5.83. The number of hydrogen-bond donors (Lipinski definition) is 2. The Balaban J connectivity index is 2.44. The lowest BCUT2D eigenvalue weighted by molar-refractivity contribution is 0.100. The number of amides is 1. The van der Waals surface area contributed by atoms with Crippen molar-refractivity contribution < 1.29 is 9.18 Å². The Morgan fingerprint density at radius 2 is 1.86 bits per heavy atom. The maximum Gasteiger partial charge on any atom is 0.250 e. The van der Waals surface area contributed by atoms with Crippen LogP contribution in [0, 0.1) is 5.82 Å². The van der Waals surface area contributed by atoms with E-state index in [1.165, 1.54) is 11.6 Å². The van der Waals surface area contributed by atoms with Crippen LogP contribution < -0.4 is 16.4 Å². The molecule has 4 nitrogen and oxygen atoms in total. The van der Waals surface area contributed by atoms with Gasteiger partial charge in [0.2, 0.25) is 0 Å². The molecule has 2 rings (SSSR count). The Labute approximate surface area is 123 Å². The number of nitrogen functional groups attached to an aromatic ring is 1. The van der Waals surface area contributed by atoms with Crippen molar-refractivity contribution in [2.75, 3.05) is 17.7 Å². The van der Waals surface area contributed by atoms with E-state index < -0.39 is 11.7 Å². The molecule has 0 unspecified atom stereocenters. The van der Waals surface area contributed by atoms with Gasteiger partial charge in [-0.05, 0) is 36.2 Å². The summed E-state index contributed by atoms with van der Waals surface area (Å²) in [6, 6.07) is 10.3. The van der Waals surface area contributed by atoms with Crippen LogP contribution in [0.15, 0.2) is 36.4 Å². The zero-order chi connectivity index (χ0) is 15.6. The van der Waals surface area contributed by atoms with Gasteiger partial charge in [0.25, 0.3) is 5.91 Å².